The van der Waals surface area contributed by atoms with Crippen molar-refractivity contribution in [2.75, 3.05) is 6.54 Å². The van der Waals surface area contributed by atoms with Crippen LogP contribution in [0.5, 0.6) is 0 Å². The van der Waals surface area contributed by atoms with Gasteiger partial charge in [0.1, 0.15) is 6.17 Å². The second kappa shape index (κ2) is 9.96. The molecule has 3 aromatic carbocycles. The third-order valence-corrected chi connectivity index (χ3v) is 5.36. The summed E-state index contributed by atoms with van der Waals surface area (Å²) in [4.78, 5) is 0. The molecule has 0 saturated carbocycles. The molecule has 156 valence electrons. The zero-order valence-electron chi connectivity index (χ0n) is 17.9. The van der Waals surface area contributed by atoms with Crippen LogP contribution in [0, 0.1) is 6.92 Å². The highest BCUT2D eigenvalue weighted by atomic mass is 15.0. The Kier molecular flexibility index (Phi) is 6.65. The Morgan fingerprint density at radius 3 is 2.48 bits per heavy atom. The lowest BCUT2D eigenvalue weighted by Crippen LogP contribution is -2.28. The highest BCUT2D eigenvalue weighted by molar-refractivity contribution is 5.75. The summed E-state index contributed by atoms with van der Waals surface area (Å²) >= 11 is 0. The summed E-state index contributed by atoms with van der Waals surface area (Å²) in [5.41, 5.74) is 14.7. The molecule has 1 unspecified atom stereocenters. The van der Waals surface area contributed by atoms with Crippen LogP contribution in [0.25, 0.3) is 11.3 Å². The van der Waals surface area contributed by atoms with E-state index in [1.807, 2.05) is 12.1 Å². The fourth-order valence-corrected chi connectivity index (χ4v) is 3.77. The van der Waals surface area contributed by atoms with E-state index in [1.54, 1.807) is 0 Å². The van der Waals surface area contributed by atoms with Gasteiger partial charge >= 0.3 is 0 Å². The van der Waals surface area contributed by atoms with Gasteiger partial charge in [0.15, 0.2) is 0 Å². The number of nitrogens with one attached hydrogen (secondary N) is 2. The van der Waals surface area contributed by atoms with Crippen molar-refractivity contribution in [3.8, 4) is 0 Å². The van der Waals surface area contributed by atoms with Crippen molar-refractivity contribution in [1.29, 1.82) is 0 Å². The largest absolute Gasteiger partial charge is 0.387 e. The van der Waals surface area contributed by atoms with E-state index in [9.17, 15) is 0 Å². The van der Waals surface area contributed by atoms with Crippen LogP contribution in [0.15, 0.2) is 103 Å². The molecule has 31 heavy (non-hydrogen) atoms. The highest BCUT2D eigenvalue weighted by Gasteiger charge is 2.12. The van der Waals surface area contributed by atoms with Crippen molar-refractivity contribution >= 4 is 11.3 Å². The predicted octanol–water partition coefficient (Wildman–Crippen LogP) is 5.33. The number of benzene rings is 3. The number of dihydropyridines is 1. The van der Waals surface area contributed by atoms with Gasteiger partial charge in [0.05, 0.1) is 0 Å². The van der Waals surface area contributed by atoms with Gasteiger partial charge in [-0.2, -0.15) is 0 Å². The quantitative estimate of drug-likeness (QED) is 0.464. The van der Waals surface area contributed by atoms with E-state index in [-0.39, 0.29) is 6.17 Å². The summed E-state index contributed by atoms with van der Waals surface area (Å²) in [6, 6.07) is 27.4. The Labute approximate surface area is 185 Å². The molecule has 0 aliphatic carbocycles. The molecule has 0 amide bonds. The van der Waals surface area contributed by atoms with E-state index in [0.29, 0.717) is 0 Å². The molecule has 0 radical (unpaired) electrons. The minimum Gasteiger partial charge on any atom is -0.387 e. The molecule has 0 saturated heterocycles. The fourth-order valence-electron chi connectivity index (χ4n) is 3.77. The van der Waals surface area contributed by atoms with Crippen molar-refractivity contribution in [1.82, 2.24) is 10.6 Å². The molecule has 1 aliphatic heterocycles. The number of aryl methyl sites for hydroxylation is 1. The maximum absolute atomic E-state index is 6.66. The molecular formula is C28H29N3. The van der Waals surface area contributed by atoms with Gasteiger partial charge in [0.2, 0.25) is 0 Å². The monoisotopic (exact) mass is 407 g/mol. The number of hydrogen-bond donors (Lipinski definition) is 3. The van der Waals surface area contributed by atoms with Crippen molar-refractivity contribution < 1.29 is 0 Å². The molecular weight excluding hydrogens is 378 g/mol. The number of hydrogen-bond acceptors (Lipinski definition) is 3. The van der Waals surface area contributed by atoms with Gasteiger partial charge in [-0.25, -0.2) is 0 Å². The number of allylic oxidation sites excluding steroid dienone is 3. The van der Waals surface area contributed by atoms with Crippen molar-refractivity contribution in [3.63, 3.8) is 0 Å². The lowest BCUT2D eigenvalue weighted by Gasteiger charge is -2.21. The van der Waals surface area contributed by atoms with Crippen molar-refractivity contribution in [2.45, 2.75) is 19.5 Å². The molecule has 4 N–H and O–H groups in total. The number of rotatable bonds is 7. The molecule has 3 nitrogen and oxygen atoms in total. The minimum atomic E-state index is -0.318. The zero-order valence-corrected chi connectivity index (χ0v) is 17.9. The van der Waals surface area contributed by atoms with E-state index >= 15 is 0 Å². The molecule has 0 aromatic heterocycles. The second-order valence-electron chi connectivity index (χ2n) is 7.84. The van der Waals surface area contributed by atoms with E-state index in [2.05, 4.69) is 109 Å². The number of nitrogens with two attached hydrogens (primary N) is 1. The van der Waals surface area contributed by atoms with Gasteiger partial charge in [-0.15, -0.1) is 0 Å². The highest BCUT2D eigenvalue weighted by Crippen LogP contribution is 2.24. The smallest absolute Gasteiger partial charge is 0.101 e. The third kappa shape index (κ3) is 5.53. The van der Waals surface area contributed by atoms with Crippen molar-refractivity contribution in [2.24, 2.45) is 5.73 Å². The molecule has 3 heteroatoms. The summed E-state index contributed by atoms with van der Waals surface area (Å²) in [5, 5.41) is 6.85. The average Bonchev–Trinajstić information content (AvgIpc) is 2.83. The average molecular weight is 408 g/mol. The van der Waals surface area contributed by atoms with Crippen LogP contribution in [0.4, 0.5) is 0 Å². The van der Waals surface area contributed by atoms with Crippen molar-refractivity contribution in [3.05, 3.63) is 131 Å². The van der Waals surface area contributed by atoms with Gasteiger partial charge in [-0.1, -0.05) is 96.6 Å². The van der Waals surface area contributed by atoms with Crippen LogP contribution in [0.2, 0.25) is 0 Å². The van der Waals surface area contributed by atoms with E-state index in [4.69, 9.17) is 5.73 Å². The molecule has 0 spiro atoms. The zero-order chi connectivity index (χ0) is 21.5. The summed E-state index contributed by atoms with van der Waals surface area (Å²) < 4.78 is 0. The molecule has 1 heterocycles. The maximum Gasteiger partial charge on any atom is 0.101 e. The standard InChI is InChI=1S/C28H29N3/c1-21-17-25(24-13-8-16-30-20-24)19-26(18-21)28(29)31-27(23-11-6-3-7-12-23)15-14-22-9-4-2-5-10-22/h2-13,15,17-20,28,30-31H,14,16,29H2,1H3/b27-15-. The van der Waals surface area contributed by atoms with Crippen LogP contribution in [-0.2, 0) is 6.42 Å². The molecule has 4 rings (SSSR count). The van der Waals surface area contributed by atoms with Gasteiger partial charge in [-0.05, 0) is 47.2 Å². The Morgan fingerprint density at radius 1 is 1.03 bits per heavy atom. The van der Waals surface area contributed by atoms with Gasteiger partial charge < -0.3 is 16.4 Å². The molecule has 1 aliphatic rings. The van der Waals surface area contributed by atoms with E-state index in [1.165, 1.54) is 22.3 Å². The third-order valence-electron chi connectivity index (χ3n) is 5.36. The SMILES string of the molecule is Cc1cc(C2=CNCC=C2)cc(C(N)N/C(=C\Cc2ccccc2)c2ccccc2)c1. The summed E-state index contributed by atoms with van der Waals surface area (Å²) in [5.74, 6) is 0. The van der Waals surface area contributed by atoms with Crippen LogP contribution in [0.1, 0.15) is 34.0 Å². The topological polar surface area (TPSA) is 50.1 Å². The van der Waals surface area contributed by atoms with Crippen LogP contribution in [0.3, 0.4) is 0 Å². The fraction of sp³-hybridized carbons (Fsp3) is 0.143. The Morgan fingerprint density at radius 2 is 1.77 bits per heavy atom. The summed E-state index contributed by atoms with van der Waals surface area (Å²) in [6.07, 6.45) is 9.10. The molecule has 1 atom stereocenters. The van der Waals surface area contributed by atoms with E-state index in [0.717, 1.165) is 29.8 Å². The van der Waals surface area contributed by atoms with Crippen LogP contribution < -0.4 is 16.4 Å². The lowest BCUT2D eigenvalue weighted by atomic mass is 9.98. The first-order valence-corrected chi connectivity index (χ1v) is 10.7. The Balaban J connectivity index is 1.60. The minimum absolute atomic E-state index is 0.318. The molecule has 0 fully saturated rings. The normalized spacial score (nSPS) is 14.5. The van der Waals surface area contributed by atoms with E-state index < -0.39 is 0 Å². The first-order valence-electron chi connectivity index (χ1n) is 10.7. The predicted molar refractivity (Wildman–Crippen MR) is 131 cm³/mol. The Bertz CT molecular complexity index is 1100. The lowest BCUT2D eigenvalue weighted by molar-refractivity contribution is 0.665. The molecule has 0 bridgehead atoms. The van der Waals surface area contributed by atoms with Gasteiger partial charge in [-0.3, -0.25) is 0 Å². The summed E-state index contributed by atoms with van der Waals surface area (Å²) in [6.45, 7) is 2.99. The molecule has 3 aromatic rings. The van der Waals surface area contributed by atoms with Crippen LogP contribution in [-0.4, -0.2) is 6.54 Å². The maximum atomic E-state index is 6.66. The van der Waals surface area contributed by atoms with Gasteiger partial charge in [0, 0.05) is 18.4 Å². The first-order chi connectivity index (χ1) is 15.2. The van der Waals surface area contributed by atoms with Crippen LogP contribution >= 0.6 is 0 Å². The second-order valence-corrected chi connectivity index (χ2v) is 7.84. The first kappa shape index (κ1) is 20.7. The Hall–Kier alpha value is -3.56. The summed E-state index contributed by atoms with van der Waals surface area (Å²) in [7, 11) is 0. The van der Waals surface area contributed by atoms with Gasteiger partial charge in [0.25, 0.3) is 0 Å².